The molecular formula is C16H21BrO4. The maximum absolute atomic E-state index is 12.0. The van der Waals surface area contributed by atoms with E-state index in [1.54, 1.807) is 26.0 Å². The van der Waals surface area contributed by atoms with Gasteiger partial charge in [-0.15, -0.1) is 0 Å². The highest BCUT2D eigenvalue weighted by atomic mass is 79.9. The summed E-state index contributed by atoms with van der Waals surface area (Å²) in [7, 11) is 0. The van der Waals surface area contributed by atoms with Crippen molar-refractivity contribution in [1.82, 2.24) is 0 Å². The maximum atomic E-state index is 12.0. The van der Waals surface area contributed by atoms with E-state index < -0.39 is 11.9 Å². The normalized spacial score (nSPS) is 10.2. The van der Waals surface area contributed by atoms with Gasteiger partial charge in [0.15, 0.2) is 0 Å². The minimum absolute atomic E-state index is 0.263. The monoisotopic (exact) mass is 356 g/mol. The van der Waals surface area contributed by atoms with Gasteiger partial charge in [-0.2, -0.15) is 0 Å². The number of rotatable bonds is 8. The van der Waals surface area contributed by atoms with Crippen LogP contribution in [0.3, 0.4) is 0 Å². The molecule has 0 N–H and O–H groups in total. The Kier molecular flexibility index (Phi) is 8.05. The third-order valence-corrected chi connectivity index (χ3v) is 3.48. The quantitative estimate of drug-likeness (QED) is 0.404. The molecule has 0 amide bonds. The highest BCUT2D eigenvalue weighted by Crippen LogP contribution is 2.17. The first-order valence-corrected chi connectivity index (χ1v) is 8.29. The molecule has 116 valence electrons. The predicted molar refractivity (Wildman–Crippen MR) is 85.1 cm³/mol. The molecule has 0 bridgehead atoms. The summed E-state index contributed by atoms with van der Waals surface area (Å²) in [5, 5.41) is 0.957. The number of carbonyl (C=O) groups is 2. The van der Waals surface area contributed by atoms with Crippen LogP contribution < -0.4 is 0 Å². The average Bonchev–Trinajstić information content (AvgIpc) is 2.48. The molecule has 0 heterocycles. The summed E-state index contributed by atoms with van der Waals surface area (Å²) in [5.74, 6) is -0.976. The fourth-order valence-corrected chi connectivity index (χ4v) is 2.33. The molecule has 0 aromatic heterocycles. The molecule has 0 aliphatic carbocycles. The number of hydrogen-bond acceptors (Lipinski definition) is 4. The Hall–Kier alpha value is -1.36. The van der Waals surface area contributed by atoms with Gasteiger partial charge in [-0.05, 0) is 50.8 Å². The molecule has 1 aromatic carbocycles. The van der Waals surface area contributed by atoms with Crippen LogP contribution in [0.1, 0.15) is 53.0 Å². The van der Waals surface area contributed by atoms with Crippen LogP contribution in [0.5, 0.6) is 0 Å². The number of ether oxygens (including phenoxy) is 2. The highest BCUT2D eigenvalue weighted by molar-refractivity contribution is 9.09. The van der Waals surface area contributed by atoms with Gasteiger partial charge < -0.3 is 9.47 Å². The SMILES string of the molecule is CCOC(=O)c1ccc(CCCCBr)cc1C(=O)OCC. The van der Waals surface area contributed by atoms with E-state index in [1.165, 1.54) is 0 Å². The summed E-state index contributed by atoms with van der Waals surface area (Å²) in [5.41, 5.74) is 1.57. The van der Waals surface area contributed by atoms with E-state index >= 15 is 0 Å². The first kappa shape index (κ1) is 17.7. The number of esters is 2. The van der Waals surface area contributed by atoms with Crippen LogP contribution in [-0.4, -0.2) is 30.5 Å². The van der Waals surface area contributed by atoms with E-state index in [9.17, 15) is 9.59 Å². The Morgan fingerprint density at radius 1 is 1.00 bits per heavy atom. The summed E-state index contributed by atoms with van der Waals surface area (Å²) in [4.78, 5) is 23.9. The third-order valence-electron chi connectivity index (χ3n) is 2.92. The zero-order chi connectivity index (χ0) is 15.7. The Morgan fingerprint density at radius 3 is 2.19 bits per heavy atom. The van der Waals surface area contributed by atoms with Crippen LogP contribution in [0.2, 0.25) is 0 Å². The number of alkyl halides is 1. The molecule has 4 nitrogen and oxygen atoms in total. The van der Waals surface area contributed by atoms with Crippen molar-refractivity contribution in [2.24, 2.45) is 0 Å². The van der Waals surface area contributed by atoms with Gasteiger partial charge in [-0.25, -0.2) is 9.59 Å². The first-order valence-electron chi connectivity index (χ1n) is 7.17. The third kappa shape index (κ3) is 5.50. The average molecular weight is 357 g/mol. The van der Waals surface area contributed by atoms with Crippen molar-refractivity contribution in [3.63, 3.8) is 0 Å². The van der Waals surface area contributed by atoms with Crippen LogP contribution in [0, 0.1) is 0 Å². The summed E-state index contributed by atoms with van der Waals surface area (Å²) in [6, 6.07) is 5.25. The molecule has 0 atom stereocenters. The summed E-state index contributed by atoms with van der Waals surface area (Å²) >= 11 is 3.39. The lowest BCUT2D eigenvalue weighted by atomic mass is 10.0. The van der Waals surface area contributed by atoms with E-state index in [1.807, 2.05) is 6.07 Å². The molecule has 0 saturated heterocycles. The molecular weight excluding hydrogens is 336 g/mol. The minimum Gasteiger partial charge on any atom is -0.462 e. The van der Waals surface area contributed by atoms with Crippen molar-refractivity contribution < 1.29 is 19.1 Å². The van der Waals surface area contributed by atoms with Crippen LogP contribution >= 0.6 is 15.9 Å². The lowest BCUT2D eigenvalue weighted by Gasteiger charge is -2.10. The number of halogens is 1. The molecule has 1 aromatic rings. The smallest absolute Gasteiger partial charge is 0.339 e. The standard InChI is InChI=1S/C16H21BrO4/c1-3-20-15(18)13-9-8-12(7-5-6-10-17)11-14(13)16(19)21-4-2/h8-9,11H,3-7,10H2,1-2H3. The molecule has 0 radical (unpaired) electrons. The van der Waals surface area contributed by atoms with Gasteiger partial charge in [0.1, 0.15) is 0 Å². The van der Waals surface area contributed by atoms with Crippen LogP contribution in [0.25, 0.3) is 0 Å². The number of unbranched alkanes of at least 4 members (excludes halogenated alkanes) is 1. The second-order valence-electron chi connectivity index (χ2n) is 4.47. The Balaban J connectivity index is 3.01. The van der Waals surface area contributed by atoms with Gasteiger partial charge in [-0.1, -0.05) is 22.0 Å². The van der Waals surface area contributed by atoms with Gasteiger partial charge in [0.25, 0.3) is 0 Å². The zero-order valence-corrected chi connectivity index (χ0v) is 14.1. The van der Waals surface area contributed by atoms with E-state index in [2.05, 4.69) is 15.9 Å². The number of aryl methyl sites for hydroxylation is 1. The van der Waals surface area contributed by atoms with Crippen molar-refractivity contribution in [1.29, 1.82) is 0 Å². The fourth-order valence-electron chi connectivity index (χ4n) is 1.94. The van der Waals surface area contributed by atoms with Crippen molar-refractivity contribution in [3.8, 4) is 0 Å². The zero-order valence-electron chi connectivity index (χ0n) is 12.5. The molecule has 21 heavy (non-hydrogen) atoms. The van der Waals surface area contributed by atoms with Crippen molar-refractivity contribution in [3.05, 3.63) is 34.9 Å². The second-order valence-corrected chi connectivity index (χ2v) is 5.26. The molecule has 0 saturated carbocycles. The fraction of sp³-hybridized carbons (Fsp3) is 0.500. The highest BCUT2D eigenvalue weighted by Gasteiger charge is 2.19. The molecule has 1 rings (SSSR count). The van der Waals surface area contributed by atoms with E-state index in [-0.39, 0.29) is 24.3 Å². The lowest BCUT2D eigenvalue weighted by molar-refractivity contribution is 0.0479. The lowest BCUT2D eigenvalue weighted by Crippen LogP contribution is -2.14. The Labute approximate surface area is 133 Å². The minimum atomic E-state index is -0.493. The van der Waals surface area contributed by atoms with E-state index in [4.69, 9.17) is 9.47 Å². The van der Waals surface area contributed by atoms with E-state index in [0.29, 0.717) is 0 Å². The first-order chi connectivity index (χ1) is 10.1. The number of carbonyl (C=O) groups excluding carboxylic acids is 2. The van der Waals surface area contributed by atoms with Crippen molar-refractivity contribution >= 4 is 27.9 Å². The summed E-state index contributed by atoms with van der Waals surface area (Å²) < 4.78 is 10.0. The number of hydrogen-bond donors (Lipinski definition) is 0. The molecule has 0 aliphatic rings. The van der Waals surface area contributed by atoms with Gasteiger partial charge in [0.2, 0.25) is 0 Å². The molecule has 0 spiro atoms. The van der Waals surface area contributed by atoms with Gasteiger partial charge in [0, 0.05) is 5.33 Å². The Morgan fingerprint density at radius 2 is 1.62 bits per heavy atom. The summed E-state index contributed by atoms with van der Waals surface area (Å²) in [6.45, 7) is 4.02. The Bertz CT molecular complexity index is 485. The topological polar surface area (TPSA) is 52.6 Å². The van der Waals surface area contributed by atoms with E-state index in [0.717, 1.165) is 30.2 Å². The van der Waals surface area contributed by atoms with Crippen LogP contribution in [0.4, 0.5) is 0 Å². The molecule has 5 heteroatoms. The van der Waals surface area contributed by atoms with Gasteiger partial charge >= 0.3 is 11.9 Å². The second kappa shape index (κ2) is 9.55. The summed E-state index contributed by atoms with van der Waals surface area (Å²) in [6.07, 6.45) is 2.95. The maximum Gasteiger partial charge on any atom is 0.339 e. The van der Waals surface area contributed by atoms with Gasteiger partial charge in [0.05, 0.1) is 24.3 Å². The predicted octanol–water partition coefficient (Wildman–Crippen LogP) is 3.76. The molecule has 0 aliphatic heterocycles. The van der Waals surface area contributed by atoms with Gasteiger partial charge in [-0.3, -0.25) is 0 Å². The molecule has 0 fully saturated rings. The van der Waals surface area contributed by atoms with Crippen molar-refractivity contribution in [2.45, 2.75) is 33.1 Å². The largest absolute Gasteiger partial charge is 0.462 e. The number of benzene rings is 1. The molecule has 0 unspecified atom stereocenters. The van der Waals surface area contributed by atoms with Crippen molar-refractivity contribution in [2.75, 3.05) is 18.5 Å². The van der Waals surface area contributed by atoms with Crippen LogP contribution in [-0.2, 0) is 15.9 Å². The van der Waals surface area contributed by atoms with Crippen LogP contribution in [0.15, 0.2) is 18.2 Å².